The number of pyridine rings is 2. The van der Waals surface area contributed by atoms with Crippen molar-refractivity contribution in [3.05, 3.63) is 53.3 Å². The van der Waals surface area contributed by atoms with Gasteiger partial charge in [0.15, 0.2) is 5.65 Å². The molecule has 176 valence electrons. The van der Waals surface area contributed by atoms with Gasteiger partial charge in [-0.05, 0) is 76.5 Å². The number of aromatic nitrogens is 5. The number of allylic oxidation sites excluding steroid dienone is 2. The number of nitrogens with one attached hydrogen (secondary N) is 1. The Labute approximate surface area is 198 Å². The van der Waals surface area contributed by atoms with Crippen molar-refractivity contribution in [2.45, 2.75) is 71.1 Å². The summed E-state index contributed by atoms with van der Waals surface area (Å²) in [6.07, 6.45) is 14.4. The average Bonchev–Trinajstić information content (AvgIpc) is 3.41. The Bertz CT molecular complexity index is 1430. The highest BCUT2D eigenvalue weighted by molar-refractivity contribution is 5.85. The summed E-state index contributed by atoms with van der Waals surface area (Å²) in [5.41, 5.74) is 5.61. The lowest BCUT2D eigenvalue weighted by atomic mass is 9.92. The maximum absolute atomic E-state index is 13.8. The number of aromatic amines is 1. The molecular formula is C27H31N5O2. The second kappa shape index (κ2) is 8.55. The van der Waals surface area contributed by atoms with E-state index in [1.807, 2.05) is 33.8 Å². The third-order valence-corrected chi connectivity index (χ3v) is 7.30. The molecule has 0 spiro atoms. The Morgan fingerprint density at radius 1 is 1.09 bits per heavy atom. The highest BCUT2D eigenvalue weighted by atomic mass is 16.5. The van der Waals surface area contributed by atoms with Crippen molar-refractivity contribution in [3.63, 3.8) is 0 Å². The van der Waals surface area contributed by atoms with Gasteiger partial charge in [-0.15, -0.1) is 0 Å². The summed E-state index contributed by atoms with van der Waals surface area (Å²) in [4.78, 5) is 26.3. The second-order valence-corrected chi connectivity index (χ2v) is 9.97. The van der Waals surface area contributed by atoms with Gasteiger partial charge in [-0.25, -0.2) is 19.3 Å². The number of ether oxygens (including phenoxy) is 1. The summed E-state index contributed by atoms with van der Waals surface area (Å²) in [7, 11) is 0. The van der Waals surface area contributed by atoms with Crippen LogP contribution < -0.4 is 5.69 Å². The van der Waals surface area contributed by atoms with Gasteiger partial charge < -0.3 is 9.72 Å². The standard InChI is InChI=1S/C27H31N5O2/c1-17-10-19(11-18(2)34-17)16-31-24-13-22(21-12-20-8-9-28-25(20)29-14-21)15-30-26(24)32(27(31)33)23-6-4-3-5-7-23/h6,8-9,12-15,17-19H,3-5,7,10-11,16H2,1-2H3,(H,28,29)/t17-,18+,19+. The molecule has 1 N–H and O–H groups in total. The van der Waals surface area contributed by atoms with Gasteiger partial charge in [0.2, 0.25) is 0 Å². The van der Waals surface area contributed by atoms with Crippen LogP contribution >= 0.6 is 0 Å². The van der Waals surface area contributed by atoms with Crippen molar-refractivity contribution in [2.24, 2.45) is 5.92 Å². The van der Waals surface area contributed by atoms with E-state index in [4.69, 9.17) is 9.72 Å². The van der Waals surface area contributed by atoms with E-state index in [0.717, 1.165) is 71.1 Å². The van der Waals surface area contributed by atoms with E-state index in [1.54, 1.807) is 0 Å². The number of imidazole rings is 1. The molecule has 4 aromatic rings. The first-order valence-corrected chi connectivity index (χ1v) is 12.5. The zero-order valence-electron chi connectivity index (χ0n) is 19.8. The Hall–Kier alpha value is -3.19. The maximum Gasteiger partial charge on any atom is 0.334 e. The fourth-order valence-corrected chi connectivity index (χ4v) is 5.80. The van der Waals surface area contributed by atoms with Crippen LogP contribution in [0.2, 0.25) is 0 Å². The molecule has 7 nitrogen and oxygen atoms in total. The highest BCUT2D eigenvalue weighted by Crippen LogP contribution is 2.30. The molecular weight excluding hydrogens is 426 g/mol. The summed E-state index contributed by atoms with van der Waals surface area (Å²) in [5.74, 6) is 0.400. The highest BCUT2D eigenvalue weighted by Gasteiger charge is 2.27. The third kappa shape index (κ3) is 3.78. The van der Waals surface area contributed by atoms with Crippen molar-refractivity contribution in [3.8, 4) is 11.1 Å². The summed E-state index contributed by atoms with van der Waals surface area (Å²) >= 11 is 0. The molecule has 2 aliphatic rings. The third-order valence-electron chi connectivity index (χ3n) is 7.30. The van der Waals surface area contributed by atoms with Crippen molar-refractivity contribution in [1.29, 1.82) is 0 Å². The lowest BCUT2D eigenvalue weighted by Crippen LogP contribution is -2.34. The molecule has 34 heavy (non-hydrogen) atoms. The smallest absolute Gasteiger partial charge is 0.334 e. The van der Waals surface area contributed by atoms with E-state index >= 15 is 0 Å². The fraction of sp³-hybridized carbons (Fsp3) is 0.444. The first-order chi connectivity index (χ1) is 16.6. The van der Waals surface area contributed by atoms with E-state index in [1.165, 1.54) is 6.42 Å². The zero-order chi connectivity index (χ0) is 23.2. The predicted octanol–water partition coefficient (Wildman–Crippen LogP) is 5.36. The predicted molar refractivity (Wildman–Crippen MR) is 135 cm³/mol. The molecule has 0 bridgehead atoms. The summed E-state index contributed by atoms with van der Waals surface area (Å²) in [6.45, 7) is 4.95. The van der Waals surface area contributed by atoms with Gasteiger partial charge in [0, 0.05) is 47.3 Å². The zero-order valence-corrected chi connectivity index (χ0v) is 19.8. The van der Waals surface area contributed by atoms with Crippen LogP contribution in [-0.2, 0) is 11.3 Å². The van der Waals surface area contributed by atoms with Crippen molar-refractivity contribution in [2.75, 3.05) is 0 Å². The van der Waals surface area contributed by atoms with Gasteiger partial charge in [0.25, 0.3) is 0 Å². The van der Waals surface area contributed by atoms with E-state index in [-0.39, 0.29) is 17.9 Å². The van der Waals surface area contributed by atoms with E-state index in [2.05, 4.69) is 42.0 Å². The Morgan fingerprint density at radius 2 is 1.88 bits per heavy atom. The molecule has 5 heterocycles. The number of nitrogens with zero attached hydrogens (tertiary/aromatic N) is 4. The lowest BCUT2D eigenvalue weighted by Gasteiger charge is -2.32. The molecule has 1 saturated heterocycles. The molecule has 7 heteroatoms. The number of hydrogen-bond donors (Lipinski definition) is 1. The maximum atomic E-state index is 13.8. The Kier molecular flexibility index (Phi) is 5.37. The monoisotopic (exact) mass is 457 g/mol. The summed E-state index contributed by atoms with van der Waals surface area (Å²) in [6, 6.07) is 6.26. The second-order valence-electron chi connectivity index (χ2n) is 9.97. The number of rotatable bonds is 4. The normalized spacial score (nSPS) is 23.5. The molecule has 0 radical (unpaired) electrons. The minimum Gasteiger partial charge on any atom is -0.376 e. The van der Waals surface area contributed by atoms with Gasteiger partial charge in [0.1, 0.15) is 5.65 Å². The molecule has 0 aromatic carbocycles. The van der Waals surface area contributed by atoms with Crippen LogP contribution in [0, 0.1) is 5.92 Å². The molecule has 1 aliphatic carbocycles. The van der Waals surface area contributed by atoms with Crippen molar-refractivity contribution < 1.29 is 4.74 Å². The fourth-order valence-electron chi connectivity index (χ4n) is 5.80. The lowest BCUT2D eigenvalue weighted by molar-refractivity contribution is -0.0548. The minimum atomic E-state index is 0.0267. The van der Waals surface area contributed by atoms with Gasteiger partial charge >= 0.3 is 5.69 Å². The molecule has 3 atom stereocenters. The molecule has 4 aromatic heterocycles. The molecule has 1 aliphatic heterocycles. The van der Waals surface area contributed by atoms with Gasteiger partial charge in [-0.2, -0.15) is 0 Å². The summed E-state index contributed by atoms with van der Waals surface area (Å²) < 4.78 is 9.77. The summed E-state index contributed by atoms with van der Waals surface area (Å²) in [5, 5.41) is 1.06. The van der Waals surface area contributed by atoms with Crippen LogP contribution in [0.4, 0.5) is 0 Å². The average molecular weight is 458 g/mol. The van der Waals surface area contributed by atoms with E-state index in [0.29, 0.717) is 12.5 Å². The van der Waals surface area contributed by atoms with Crippen LogP contribution in [-0.4, -0.2) is 36.3 Å². The number of fused-ring (bicyclic) bond motifs is 2. The quantitative estimate of drug-likeness (QED) is 0.447. The van der Waals surface area contributed by atoms with Crippen LogP contribution in [0.25, 0.3) is 39.0 Å². The van der Waals surface area contributed by atoms with Crippen LogP contribution in [0.3, 0.4) is 0 Å². The molecule has 0 amide bonds. The van der Waals surface area contributed by atoms with Gasteiger partial charge in [0.05, 0.1) is 17.7 Å². The van der Waals surface area contributed by atoms with Gasteiger partial charge in [-0.1, -0.05) is 6.08 Å². The molecule has 1 fully saturated rings. The minimum absolute atomic E-state index is 0.0267. The number of hydrogen-bond acceptors (Lipinski definition) is 4. The Morgan fingerprint density at radius 3 is 2.68 bits per heavy atom. The molecule has 6 rings (SSSR count). The topological polar surface area (TPSA) is 77.7 Å². The van der Waals surface area contributed by atoms with Crippen LogP contribution in [0.1, 0.15) is 52.4 Å². The Balaban J connectivity index is 1.48. The van der Waals surface area contributed by atoms with Crippen LogP contribution in [0.15, 0.2) is 47.7 Å². The first-order valence-electron chi connectivity index (χ1n) is 12.5. The molecule has 0 unspecified atom stereocenters. The first kappa shape index (κ1) is 21.4. The van der Waals surface area contributed by atoms with Crippen LogP contribution in [0.5, 0.6) is 0 Å². The largest absolute Gasteiger partial charge is 0.376 e. The number of H-pyrrole nitrogens is 1. The van der Waals surface area contributed by atoms with Crippen molar-refractivity contribution >= 4 is 27.9 Å². The van der Waals surface area contributed by atoms with Gasteiger partial charge in [-0.3, -0.25) is 4.57 Å². The van der Waals surface area contributed by atoms with Crippen molar-refractivity contribution in [1.82, 2.24) is 24.1 Å². The van der Waals surface area contributed by atoms with E-state index in [9.17, 15) is 4.79 Å². The van der Waals surface area contributed by atoms with E-state index < -0.39 is 0 Å². The molecule has 0 saturated carbocycles. The SMILES string of the molecule is C[C@@H]1C[C@H](Cn2c(=O)n(C3=CCCCC3)c3ncc(-c4cnc5[nH]ccc5c4)cc32)C[C@H](C)O1.